The third-order valence-electron chi connectivity index (χ3n) is 0. The molecule has 0 amide bonds. The molecule has 0 unspecified atom stereocenters. The fourth-order valence-corrected chi connectivity index (χ4v) is 0. The Labute approximate surface area is 156 Å². The molecule has 44 valence electrons. The number of hydrogen-bond donors (Lipinski definition) is 1. The molecule has 0 atom stereocenters. The Bertz CT molecular complexity index is 39.5. The van der Waals surface area contributed by atoms with Crippen LogP contribution < -0.4 is 0 Å². The minimum Gasteiger partial charge on any atom is -0.693 e. The molecule has 4 radical (unpaired) electrons. The van der Waals surface area contributed by atoms with Gasteiger partial charge in [0.1, 0.15) is 0 Å². The number of rotatable bonds is 0. The molecule has 0 saturated heterocycles. The summed E-state index contributed by atoms with van der Waals surface area (Å²) in [5, 5.41) is 7.31. The van der Waals surface area contributed by atoms with Crippen LogP contribution in [0.2, 0.25) is 0 Å². The van der Waals surface area contributed by atoms with Gasteiger partial charge in [-0.15, -0.1) is 0 Å². The van der Waals surface area contributed by atoms with Gasteiger partial charge in [0.25, 0.3) is 0 Å². The predicted molar refractivity (Wildman–Crippen MR) is 18.3 cm³/mol. The van der Waals surface area contributed by atoms with Crippen LogP contribution in [0.25, 0.3) is 6.15 Å². The Morgan fingerprint density at radius 2 is 1.11 bits per heavy atom. The standard InChI is InChI=1S/C2H3O2.H2N.4Y/c1-2(3)4;;;;;/h1H2,(H,3,4);1H2;;;;/q2*-1;;;;. The van der Waals surface area contributed by atoms with Crippen molar-refractivity contribution in [2.24, 2.45) is 0 Å². The topological polar surface area (TPSA) is 70.8 Å². The van der Waals surface area contributed by atoms with Crippen molar-refractivity contribution in [3.8, 4) is 0 Å². The number of carboxylic acid groups (broad SMARTS) is 1. The van der Waals surface area contributed by atoms with Crippen molar-refractivity contribution < 1.29 is 141 Å². The summed E-state index contributed by atoms with van der Waals surface area (Å²) in [7, 11) is 0. The van der Waals surface area contributed by atoms with Crippen molar-refractivity contribution in [2.45, 2.75) is 0 Å². The molecule has 0 aliphatic rings. The second kappa shape index (κ2) is 29.8. The van der Waals surface area contributed by atoms with E-state index in [2.05, 4.69) is 6.92 Å². The summed E-state index contributed by atoms with van der Waals surface area (Å²) in [5.74, 6) is -1.08. The Morgan fingerprint density at radius 1 is 1.11 bits per heavy atom. The van der Waals surface area contributed by atoms with E-state index < -0.39 is 5.97 Å². The number of aliphatic carboxylic acids is 1. The molecule has 3 nitrogen and oxygen atoms in total. The van der Waals surface area contributed by atoms with Gasteiger partial charge in [0.05, 0.1) is 0 Å². The van der Waals surface area contributed by atoms with Crippen LogP contribution in [0, 0.1) is 6.92 Å². The quantitative estimate of drug-likeness (QED) is 0.572. The molecular formula is C2H5NO2Y4-2. The Balaban J connectivity index is -0.00000000450. The van der Waals surface area contributed by atoms with Gasteiger partial charge in [0.15, 0.2) is 5.97 Å². The van der Waals surface area contributed by atoms with Crippen molar-refractivity contribution in [1.82, 2.24) is 0 Å². The van der Waals surface area contributed by atoms with Crippen LogP contribution in [0.15, 0.2) is 0 Å². The molecule has 9 heavy (non-hydrogen) atoms. The van der Waals surface area contributed by atoms with Crippen molar-refractivity contribution in [3.05, 3.63) is 13.1 Å². The van der Waals surface area contributed by atoms with Gasteiger partial charge in [0, 0.05) is 131 Å². The first-order valence-corrected chi connectivity index (χ1v) is 0.781. The summed E-state index contributed by atoms with van der Waals surface area (Å²) >= 11 is 0. The second-order valence-electron chi connectivity index (χ2n) is 0.394. The molecule has 0 aliphatic carbocycles. The number of carboxylic acids is 1. The van der Waals surface area contributed by atoms with Crippen molar-refractivity contribution in [3.63, 3.8) is 0 Å². The second-order valence-corrected chi connectivity index (χ2v) is 0.394. The largest absolute Gasteiger partial charge is 0.693 e. The normalized spacial score (nSPS) is 2.67. The van der Waals surface area contributed by atoms with Gasteiger partial charge in [-0.25, -0.2) is 0 Å². The molecule has 7 heteroatoms. The van der Waals surface area contributed by atoms with Crippen molar-refractivity contribution in [2.75, 3.05) is 0 Å². The van der Waals surface area contributed by atoms with Gasteiger partial charge >= 0.3 is 0 Å². The molecule has 0 bridgehead atoms. The van der Waals surface area contributed by atoms with Crippen molar-refractivity contribution in [1.29, 1.82) is 0 Å². The zero-order valence-corrected chi connectivity index (χ0v) is 16.3. The molecule has 0 aromatic heterocycles. The van der Waals surface area contributed by atoms with Crippen LogP contribution >= 0.6 is 0 Å². The summed E-state index contributed by atoms with van der Waals surface area (Å²) < 4.78 is 0. The van der Waals surface area contributed by atoms with Crippen molar-refractivity contribution >= 4 is 5.97 Å². The van der Waals surface area contributed by atoms with E-state index in [1.54, 1.807) is 0 Å². The van der Waals surface area contributed by atoms with Crippen LogP contribution in [0.5, 0.6) is 0 Å². The van der Waals surface area contributed by atoms with Gasteiger partial charge in [-0.05, 0) is 0 Å². The number of nitrogens with two attached hydrogens (primary N) is 1. The molecule has 0 saturated carbocycles. The maximum atomic E-state index is 8.89. The summed E-state index contributed by atoms with van der Waals surface area (Å²) in [6.45, 7) is 2.56. The predicted octanol–water partition coefficient (Wildman–Crippen LogP) is 0.612. The average molecular weight is 431 g/mol. The van der Waals surface area contributed by atoms with Crippen LogP contribution in [-0.2, 0) is 136 Å². The minimum atomic E-state index is -1.08. The van der Waals surface area contributed by atoms with E-state index in [0.29, 0.717) is 0 Å². The smallest absolute Gasteiger partial charge is 0.161 e. The van der Waals surface area contributed by atoms with Crippen LogP contribution in [-0.4, -0.2) is 11.1 Å². The average Bonchev–Trinajstić information content (AvgIpc) is 0.811. The Kier molecular flexibility index (Phi) is 128. The van der Waals surface area contributed by atoms with Crippen LogP contribution in [0.1, 0.15) is 0 Å². The summed E-state index contributed by atoms with van der Waals surface area (Å²) in [4.78, 5) is 8.89. The molecule has 0 rings (SSSR count). The number of hydrogen-bond acceptors (Lipinski definition) is 1. The van der Waals surface area contributed by atoms with E-state index >= 15 is 0 Å². The summed E-state index contributed by atoms with van der Waals surface area (Å²) in [6, 6.07) is 0. The molecule has 0 heterocycles. The van der Waals surface area contributed by atoms with Gasteiger partial charge in [-0.3, -0.25) is 11.7 Å². The Hall–Kier alpha value is 3.72. The van der Waals surface area contributed by atoms with E-state index in [9.17, 15) is 0 Å². The SMILES string of the molecule is [CH2-]C(=O)O.[NH2-].[Y].[Y].[Y].[Y]. The maximum Gasteiger partial charge on any atom is 0.161 e. The molecule has 0 aromatic carbocycles. The third-order valence-corrected chi connectivity index (χ3v) is 0. The monoisotopic (exact) mass is 431 g/mol. The molecular weight excluding hydrogens is 426 g/mol. The molecule has 3 N–H and O–H groups in total. The van der Waals surface area contributed by atoms with E-state index in [4.69, 9.17) is 9.90 Å². The minimum absolute atomic E-state index is 0. The van der Waals surface area contributed by atoms with Gasteiger partial charge in [-0.2, -0.15) is 0 Å². The number of carbonyl (C=O) groups is 1. The van der Waals surface area contributed by atoms with Crippen LogP contribution in [0.4, 0.5) is 0 Å². The molecule has 0 aromatic rings. The third kappa shape index (κ3) is 80.1. The van der Waals surface area contributed by atoms with E-state index in [-0.39, 0.29) is 137 Å². The van der Waals surface area contributed by atoms with E-state index in [1.807, 2.05) is 0 Å². The Morgan fingerprint density at radius 3 is 1.11 bits per heavy atom. The summed E-state index contributed by atoms with van der Waals surface area (Å²) in [6.07, 6.45) is 0. The molecule has 0 spiro atoms. The zero-order valence-electron chi connectivity index (χ0n) is 4.95. The van der Waals surface area contributed by atoms with E-state index in [1.165, 1.54) is 0 Å². The fourth-order valence-electron chi connectivity index (χ4n) is 0. The van der Waals surface area contributed by atoms with Gasteiger partial charge < -0.3 is 11.3 Å². The molecule has 0 aliphatic heterocycles. The zero-order chi connectivity index (χ0) is 3.58. The maximum absolute atomic E-state index is 8.89. The van der Waals surface area contributed by atoms with Gasteiger partial charge in [-0.1, -0.05) is 0 Å². The molecule has 0 fully saturated rings. The fraction of sp³-hybridized carbons (Fsp3) is 0. The van der Waals surface area contributed by atoms with E-state index in [0.717, 1.165) is 0 Å². The first-order chi connectivity index (χ1) is 1.73. The van der Waals surface area contributed by atoms with Gasteiger partial charge in [0.2, 0.25) is 0 Å². The first kappa shape index (κ1) is 38.7. The first-order valence-electron chi connectivity index (χ1n) is 0.781. The van der Waals surface area contributed by atoms with Crippen LogP contribution in [0.3, 0.4) is 0 Å². The summed E-state index contributed by atoms with van der Waals surface area (Å²) in [5.41, 5.74) is 0.